The van der Waals surface area contributed by atoms with E-state index in [1.54, 1.807) is 0 Å². The first kappa shape index (κ1) is 17.1. The zero-order chi connectivity index (χ0) is 17.1. The molecule has 0 atom stereocenters. The number of piperazine rings is 1. The Balaban J connectivity index is 1.75. The third-order valence-electron chi connectivity index (χ3n) is 4.46. The number of hydrazone groups is 1. The number of amides is 2. The number of hydrogen-bond acceptors (Lipinski definition) is 4. The number of nitrogens with zero attached hydrogens (tertiary/aromatic N) is 4. The van der Waals surface area contributed by atoms with Crippen LogP contribution in [-0.4, -0.2) is 60.0 Å². The standard InChI is InChI=1S/C17H21BrN4O2/c1-2-20-9-11-21(12-10-20)17(24)15-7-8-16(23)22(19-15)14-5-3-13(18)4-6-14/h3-6H,2,7-12H2,1H3. The molecule has 0 aromatic heterocycles. The van der Waals surface area contributed by atoms with Crippen LogP contribution in [0.4, 0.5) is 5.69 Å². The molecule has 2 aliphatic heterocycles. The fourth-order valence-corrected chi connectivity index (χ4v) is 3.21. The quantitative estimate of drug-likeness (QED) is 0.791. The van der Waals surface area contributed by atoms with Crippen molar-refractivity contribution in [2.75, 3.05) is 37.7 Å². The average Bonchev–Trinajstić information content (AvgIpc) is 2.62. The number of rotatable bonds is 3. The zero-order valence-electron chi connectivity index (χ0n) is 13.7. The maximum absolute atomic E-state index is 12.7. The highest BCUT2D eigenvalue weighted by Gasteiger charge is 2.29. The van der Waals surface area contributed by atoms with Crippen molar-refractivity contribution >= 4 is 39.1 Å². The molecule has 1 saturated heterocycles. The van der Waals surface area contributed by atoms with Gasteiger partial charge in [-0.15, -0.1) is 0 Å². The van der Waals surface area contributed by atoms with Crippen LogP contribution in [0.15, 0.2) is 33.8 Å². The van der Waals surface area contributed by atoms with Gasteiger partial charge in [-0.3, -0.25) is 9.59 Å². The van der Waals surface area contributed by atoms with Gasteiger partial charge in [-0.25, -0.2) is 5.01 Å². The first-order valence-corrected chi connectivity index (χ1v) is 9.05. The fourth-order valence-electron chi connectivity index (χ4n) is 2.94. The van der Waals surface area contributed by atoms with E-state index in [2.05, 4.69) is 32.9 Å². The molecule has 128 valence electrons. The van der Waals surface area contributed by atoms with Crippen LogP contribution >= 0.6 is 15.9 Å². The topological polar surface area (TPSA) is 56.2 Å². The molecular formula is C17H21BrN4O2. The second-order valence-electron chi connectivity index (χ2n) is 5.96. The Labute approximate surface area is 150 Å². The third kappa shape index (κ3) is 3.67. The molecule has 2 aliphatic rings. The highest BCUT2D eigenvalue weighted by molar-refractivity contribution is 9.10. The molecule has 0 unspecified atom stereocenters. The lowest BCUT2D eigenvalue weighted by molar-refractivity contribution is -0.126. The van der Waals surface area contributed by atoms with Crippen molar-refractivity contribution in [3.63, 3.8) is 0 Å². The van der Waals surface area contributed by atoms with Gasteiger partial charge in [0.2, 0.25) is 5.91 Å². The van der Waals surface area contributed by atoms with Gasteiger partial charge >= 0.3 is 0 Å². The van der Waals surface area contributed by atoms with Crippen LogP contribution in [-0.2, 0) is 9.59 Å². The van der Waals surface area contributed by atoms with Crippen molar-refractivity contribution in [2.45, 2.75) is 19.8 Å². The van der Waals surface area contributed by atoms with Crippen LogP contribution in [0.5, 0.6) is 0 Å². The SMILES string of the molecule is CCN1CCN(C(=O)C2=NN(c3ccc(Br)cc3)C(=O)CC2)CC1. The van der Waals surface area contributed by atoms with Gasteiger partial charge in [-0.05, 0) is 30.8 Å². The minimum absolute atomic E-state index is 0.0413. The van der Waals surface area contributed by atoms with Gasteiger partial charge in [-0.1, -0.05) is 22.9 Å². The largest absolute Gasteiger partial charge is 0.335 e. The lowest BCUT2D eigenvalue weighted by Gasteiger charge is -2.35. The highest BCUT2D eigenvalue weighted by Crippen LogP contribution is 2.23. The van der Waals surface area contributed by atoms with Crippen molar-refractivity contribution in [2.24, 2.45) is 5.10 Å². The summed E-state index contributed by atoms with van der Waals surface area (Å²) in [5.41, 5.74) is 1.16. The molecule has 7 heteroatoms. The Morgan fingerprint density at radius 3 is 2.42 bits per heavy atom. The van der Waals surface area contributed by atoms with Crippen molar-refractivity contribution in [1.82, 2.24) is 9.80 Å². The van der Waals surface area contributed by atoms with Crippen LogP contribution in [0, 0.1) is 0 Å². The monoisotopic (exact) mass is 392 g/mol. The number of carbonyl (C=O) groups is 2. The maximum Gasteiger partial charge on any atom is 0.270 e. The molecule has 1 aromatic carbocycles. The number of anilines is 1. The molecule has 24 heavy (non-hydrogen) atoms. The zero-order valence-corrected chi connectivity index (χ0v) is 15.3. The number of benzene rings is 1. The van der Waals surface area contributed by atoms with Gasteiger partial charge in [0.1, 0.15) is 5.71 Å². The van der Waals surface area contributed by atoms with Gasteiger partial charge in [0.15, 0.2) is 0 Å². The van der Waals surface area contributed by atoms with Gasteiger partial charge in [0.25, 0.3) is 5.91 Å². The van der Waals surface area contributed by atoms with Crippen molar-refractivity contribution in [3.8, 4) is 0 Å². The summed E-state index contributed by atoms with van der Waals surface area (Å²) >= 11 is 3.38. The summed E-state index contributed by atoms with van der Waals surface area (Å²) in [7, 11) is 0. The Hall–Kier alpha value is -1.73. The molecule has 3 rings (SSSR count). The van der Waals surface area contributed by atoms with Crippen molar-refractivity contribution < 1.29 is 9.59 Å². The Morgan fingerprint density at radius 1 is 1.12 bits per heavy atom. The molecule has 2 amide bonds. The molecule has 0 N–H and O–H groups in total. The summed E-state index contributed by atoms with van der Waals surface area (Å²) in [6, 6.07) is 7.36. The lowest BCUT2D eigenvalue weighted by atomic mass is 10.1. The van der Waals surface area contributed by atoms with E-state index in [0.29, 0.717) is 24.2 Å². The average molecular weight is 393 g/mol. The Morgan fingerprint density at radius 2 is 1.79 bits per heavy atom. The lowest BCUT2D eigenvalue weighted by Crippen LogP contribution is -2.51. The van der Waals surface area contributed by atoms with Gasteiger partial charge in [0, 0.05) is 43.5 Å². The second kappa shape index (κ2) is 7.44. The highest BCUT2D eigenvalue weighted by atomic mass is 79.9. The Kier molecular flexibility index (Phi) is 5.30. The summed E-state index contributed by atoms with van der Waals surface area (Å²) in [6.07, 6.45) is 0.730. The summed E-state index contributed by atoms with van der Waals surface area (Å²) in [6.45, 7) is 6.37. The third-order valence-corrected chi connectivity index (χ3v) is 4.99. The molecule has 1 fully saturated rings. The van der Waals surface area contributed by atoms with Crippen LogP contribution in [0.2, 0.25) is 0 Å². The van der Waals surface area contributed by atoms with Crippen LogP contribution < -0.4 is 5.01 Å². The molecular weight excluding hydrogens is 372 g/mol. The predicted octanol–water partition coefficient (Wildman–Crippen LogP) is 2.10. The molecule has 0 saturated carbocycles. The van der Waals surface area contributed by atoms with Crippen molar-refractivity contribution in [1.29, 1.82) is 0 Å². The molecule has 0 aliphatic carbocycles. The van der Waals surface area contributed by atoms with Gasteiger partial charge in [0.05, 0.1) is 5.69 Å². The van der Waals surface area contributed by atoms with Crippen LogP contribution in [0.1, 0.15) is 19.8 Å². The molecule has 6 nitrogen and oxygen atoms in total. The summed E-state index contributed by atoms with van der Waals surface area (Å²) < 4.78 is 0.935. The van der Waals surface area contributed by atoms with Crippen LogP contribution in [0.3, 0.4) is 0 Å². The minimum Gasteiger partial charge on any atom is -0.335 e. The predicted molar refractivity (Wildman–Crippen MR) is 97.0 cm³/mol. The van der Waals surface area contributed by atoms with E-state index in [4.69, 9.17) is 0 Å². The van der Waals surface area contributed by atoms with Gasteiger partial charge in [-0.2, -0.15) is 5.10 Å². The first-order valence-electron chi connectivity index (χ1n) is 8.26. The van der Waals surface area contributed by atoms with E-state index in [1.165, 1.54) is 5.01 Å². The van der Waals surface area contributed by atoms with E-state index in [9.17, 15) is 9.59 Å². The summed E-state index contributed by atoms with van der Waals surface area (Å²) in [4.78, 5) is 29.1. The number of halogens is 1. The van der Waals surface area contributed by atoms with E-state index >= 15 is 0 Å². The number of carbonyl (C=O) groups excluding carboxylic acids is 2. The first-order chi connectivity index (χ1) is 11.6. The molecule has 0 spiro atoms. The second-order valence-corrected chi connectivity index (χ2v) is 6.87. The molecule has 2 heterocycles. The van der Waals surface area contributed by atoms with E-state index in [0.717, 1.165) is 37.2 Å². The number of likely N-dealkylation sites (N-methyl/N-ethyl adjacent to an activating group) is 1. The van der Waals surface area contributed by atoms with E-state index in [1.807, 2.05) is 29.2 Å². The van der Waals surface area contributed by atoms with E-state index in [-0.39, 0.29) is 11.8 Å². The van der Waals surface area contributed by atoms with Crippen molar-refractivity contribution in [3.05, 3.63) is 28.7 Å². The maximum atomic E-state index is 12.7. The summed E-state index contributed by atoms with van der Waals surface area (Å²) in [5.74, 6) is -0.120. The number of hydrogen-bond donors (Lipinski definition) is 0. The normalized spacial score (nSPS) is 19.4. The van der Waals surface area contributed by atoms with Crippen LogP contribution in [0.25, 0.3) is 0 Å². The Bertz CT molecular complexity index is 651. The summed E-state index contributed by atoms with van der Waals surface area (Å²) in [5, 5.41) is 5.71. The molecule has 1 aromatic rings. The van der Waals surface area contributed by atoms with E-state index < -0.39 is 0 Å². The minimum atomic E-state index is -0.0790. The fraction of sp³-hybridized carbons (Fsp3) is 0.471. The molecule has 0 radical (unpaired) electrons. The molecule has 0 bridgehead atoms. The van der Waals surface area contributed by atoms with Gasteiger partial charge < -0.3 is 9.80 Å². The smallest absolute Gasteiger partial charge is 0.270 e.